The monoisotopic (exact) mass is 400 g/mol. The van der Waals surface area contributed by atoms with Gasteiger partial charge in [-0.25, -0.2) is 4.39 Å². The van der Waals surface area contributed by atoms with Crippen LogP contribution in [0.4, 0.5) is 4.39 Å². The maximum Gasteiger partial charge on any atom is 0.329 e. The first-order valence-corrected chi connectivity index (χ1v) is 10.1. The van der Waals surface area contributed by atoms with E-state index in [2.05, 4.69) is 6.92 Å². The van der Waals surface area contributed by atoms with Gasteiger partial charge in [-0.15, -0.1) is 0 Å². The van der Waals surface area contributed by atoms with Gasteiger partial charge in [0.05, 0.1) is 11.6 Å². The summed E-state index contributed by atoms with van der Waals surface area (Å²) in [6, 6.07) is 3.98. The SMILES string of the molecule is CCCCCCCCOC(=O)C(CC)(CC)C(=O)Oc1c(F)cccc1Cl. The van der Waals surface area contributed by atoms with Crippen molar-refractivity contribution in [2.24, 2.45) is 5.41 Å². The summed E-state index contributed by atoms with van der Waals surface area (Å²) >= 11 is 5.91. The third-order valence-corrected chi connectivity index (χ3v) is 5.13. The van der Waals surface area contributed by atoms with Crippen molar-refractivity contribution >= 4 is 23.5 Å². The Morgan fingerprint density at radius 1 is 1.00 bits per heavy atom. The molecule has 0 atom stereocenters. The number of halogens is 2. The first kappa shape index (κ1) is 23.4. The van der Waals surface area contributed by atoms with E-state index in [-0.39, 0.29) is 30.2 Å². The molecule has 0 amide bonds. The van der Waals surface area contributed by atoms with Crippen molar-refractivity contribution in [3.63, 3.8) is 0 Å². The summed E-state index contributed by atoms with van der Waals surface area (Å²) in [4.78, 5) is 25.3. The van der Waals surface area contributed by atoms with Gasteiger partial charge in [-0.1, -0.05) is 70.5 Å². The van der Waals surface area contributed by atoms with Gasteiger partial charge in [-0.3, -0.25) is 9.59 Å². The highest BCUT2D eigenvalue weighted by Crippen LogP contribution is 2.34. The topological polar surface area (TPSA) is 52.6 Å². The zero-order valence-electron chi connectivity index (χ0n) is 16.5. The molecule has 4 nitrogen and oxygen atoms in total. The van der Waals surface area contributed by atoms with Crippen molar-refractivity contribution in [2.45, 2.75) is 72.1 Å². The van der Waals surface area contributed by atoms with Gasteiger partial charge in [0.15, 0.2) is 17.0 Å². The lowest BCUT2D eigenvalue weighted by Gasteiger charge is -2.27. The van der Waals surface area contributed by atoms with Gasteiger partial charge < -0.3 is 9.47 Å². The van der Waals surface area contributed by atoms with Crippen LogP contribution in [-0.4, -0.2) is 18.5 Å². The van der Waals surface area contributed by atoms with Crippen LogP contribution >= 0.6 is 11.6 Å². The molecule has 0 unspecified atom stereocenters. The average molecular weight is 401 g/mol. The van der Waals surface area contributed by atoms with Crippen molar-refractivity contribution in [2.75, 3.05) is 6.61 Å². The molecule has 27 heavy (non-hydrogen) atoms. The number of para-hydroxylation sites is 1. The Bertz CT molecular complexity index is 594. The predicted molar refractivity (Wildman–Crippen MR) is 104 cm³/mol. The van der Waals surface area contributed by atoms with E-state index in [0.29, 0.717) is 0 Å². The number of carbonyl (C=O) groups excluding carboxylic acids is 2. The van der Waals surface area contributed by atoms with Gasteiger partial charge in [0.25, 0.3) is 0 Å². The Balaban J connectivity index is 2.70. The fourth-order valence-electron chi connectivity index (χ4n) is 2.87. The molecule has 0 saturated heterocycles. The molecule has 0 aliphatic rings. The Morgan fingerprint density at radius 3 is 2.22 bits per heavy atom. The normalized spacial score (nSPS) is 11.3. The van der Waals surface area contributed by atoms with Gasteiger partial charge in [0.1, 0.15) is 0 Å². The first-order chi connectivity index (χ1) is 12.9. The lowest BCUT2D eigenvalue weighted by molar-refractivity contribution is -0.168. The smallest absolute Gasteiger partial charge is 0.329 e. The highest BCUT2D eigenvalue weighted by molar-refractivity contribution is 6.32. The minimum atomic E-state index is -1.46. The van der Waals surface area contributed by atoms with E-state index in [1.807, 2.05) is 0 Å². The summed E-state index contributed by atoms with van der Waals surface area (Å²) in [6.07, 6.45) is 6.80. The average Bonchev–Trinajstić information content (AvgIpc) is 2.65. The first-order valence-electron chi connectivity index (χ1n) is 9.76. The molecule has 0 bridgehead atoms. The number of ether oxygens (including phenoxy) is 2. The summed E-state index contributed by atoms with van der Waals surface area (Å²) in [5.74, 6) is -2.58. The third-order valence-electron chi connectivity index (χ3n) is 4.83. The summed E-state index contributed by atoms with van der Waals surface area (Å²) in [6.45, 7) is 5.84. The molecule has 0 N–H and O–H groups in total. The number of hydrogen-bond acceptors (Lipinski definition) is 4. The molecule has 0 radical (unpaired) electrons. The predicted octanol–water partition coefficient (Wildman–Crippen LogP) is 6.09. The second-order valence-corrected chi connectivity index (χ2v) is 7.04. The molecular formula is C21H30ClFO4. The van der Waals surface area contributed by atoms with Crippen molar-refractivity contribution < 1.29 is 23.5 Å². The molecule has 1 aromatic rings. The molecule has 152 valence electrons. The molecule has 0 heterocycles. The Labute approximate surface area is 166 Å². The summed E-state index contributed by atoms with van der Waals surface area (Å²) < 4.78 is 24.4. The molecule has 0 aromatic heterocycles. The van der Waals surface area contributed by atoms with Gasteiger partial charge >= 0.3 is 11.9 Å². The molecule has 1 rings (SSSR count). The van der Waals surface area contributed by atoms with Crippen molar-refractivity contribution in [3.05, 3.63) is 29.0 Å². The van der Waals surface area contributed by atoms with Crippen molar-refractivity contribution in [1.29, 1.82) is 0 Å². The van der Waals surface area contributed by atoms with Gasteiger partial charge in [0.2, 0.25) is 0 Å². The number of benzene rings is 1. The molecule has 0 fully saturated rings. The van der Waals surface area contributed by atoms with Crippen LogP contribution in [-0.2, 0) is 14.3 Å². The fourth-order valence-corrected chi connectivity index (χ4v) is 3.07. The number of esters is 2. The number of rotatable bonds is 12. The van der Waals surface area contributed by atoms with Crippen LogP contribution in [0.1, 0.15) is 72.1 Å². The third kappa shape index (κ3) is 6.49. The zero-order valence-corrected chi connectivity index (χ0v) is 17.2. The Hall–Kier alpha value is -1.62. The van der Waals surface area contributed by atoms with Crippen LogP contribution in [0.5, 0.6) is 5.75 Å². The molecule has 6 heteroatoms. The largest absolute Gasteiger partial charge is 0.465 e. The van der Waals surface area contributed by atoms with E-state index in [1.165, 1.54) is 31.4 Å². The lowest BCUT2D eigenvalue weighted by atomic mass is 9.82. The minimum Gasteiger partial charge on any atom is -0.465 e. The number of hydrogen-bond donors (Lipinski definition) is 0. The fraction of sp³-hybridized carbons (Fsp3) is 0.619. The van der Waals surface area contributed by atoms with E-state index in [4.69, 9.17) is 21.1 Å². The molecule has 0 spiro atoms. The van der Waals surface area contributed by atoms with Crippen LogP contribution in [0.3, 0.4) is 0 Å². The highest BCUT2D eigenvalue weighted by Gasteiger charge is 2.46. The Morgan fingerprint density at radius 2 is 1.63 bits per heavy atom. The summed E-state index contributed by atoms with van der Waals surface area (Å²) in [5.41, 5.74) is -1.46. The molecule has 0 aliphatic heterocycles. The molecule has 0 saturated carbocycles. The highest BCUT2D eigenvalue weighted by atomic mass is 35.5. The molecular weight excluding hydrogens is 371 g/mol. The van der Waals surface area contributed by atoms with Crippen LogP contribution in [0.2, 0.25) is 5.02 Å². The van der Waals surface area contributed by atoms with E-state index in [1.54, 1.807) is 13.8 Å². The van der Waals surface area contributed by atoms with E-state index in [0.717, 1.165) is 25.3 Å². The molecule has 1 aromatic carbocycles. The van der Waals surface area contributed by atoms with Gasteiger partial charge in [-0.05, 0) is 31.4 Å². The quantitative estimate of drug-likeness (QED) is 0.184. The summed E-state index contributed by atoms with van der Waals surface area (Å²) in [7, 11) is 0. The standard InChI is InChI=1S/C21H30ClFO4/c1-4-7-8-9-10-11-15-26-19(24)21(5-2,6-3)20(25)27-18-16(22)13-12-14-17(18)23/h12-14H,4-11,15H2,1-3H3. The van der Waals surface area contributed by atoms with Crippen molar-refractivity contribution in [1.82, 2.24) is 0 Å². The van der Waals surface area contributed by atoms with E-state index >= 15 is 0 Å². The van der Waals surface area contributed by atoms with E-state index < -0.39 is 23.2 Å². The van der Waals surface area contributed by atoms with Gasteiger partial charge in [0, 0.05) is 0 Å². The van der Waals surface area contributed by atoms with Crippen LogP contribution < -0.4 is 4.74 Å². The summed E-state index contributed by atoms with van der Waals surface area (Å²) in [5, 5.41) is -0.0232. The second-order valence-electron chi connectivity index (χ2n) is 6.63. The maximum absolute atomic E-state index is 13.9. The van der Waals surface area contributed by atoms with Crippen LogP contribution in [0.25, 0.3) is 0 Å². The van der Waals surface area contributed by atoms with Crippen molar-refractivity contribution in [3.8, 4) is 5.75 Å². The van der Waals surface area contributed by atoms with E-state index in [9.17, 15) is 14.0 Å². The lowest BCUT2D eigenvalue weighted by Crippen LogP contribution is -2.42. The Kier molecular flexibility index (Phi) is 10.4. The second kappa shape index (κ2) is 12.0. The number of carbonyl (C=O) groups is 2. The molecule has 0 aliphatic carbocycles. The number of unbranched alkanes of at least 4 members (excludes halogenated alkanes) is 5. The minimum absolute atomic E-state index is 0.0232. The van der Waals surface area contributed by atoms with Crippen LogP contribution in [0.15, 0.2) is 18.2 Å². The van der Waals surface area contributed by atoms with Crippen LogP contribution in [0, 0.1) is 11.2 Å². The maximum atomic E-state index is 13.9. The zero-order chi connectivity index (χ0) is 20.3. The van der Waals surface area contributed by atoms with Gasteiger partial charge in [-0.2, -0.15) is 0 Å².